The summed E-state index contributed by atoms with van der Waals surface area (Å²) in [5.74, 6) is -0.573. The van der Waals surface area contributed by atoms with Crippen molar-refractivity contribution in [2.75, 3.05) is 0 Å². The van der Waals surface area contributed by atoms with Crippen LogP contribution in [0.25, 0.3) is 0 Å². The Morgan fingerprint density at radius 3 is 2.67 bits per heavy atom. The summed E-state index contributed by atoms with van der Waals surface area (Å²) in [5.41, 5.74) is -0.148. The Morgan fingerprint density at radius 1 is 1.58 bits per heavy atom. The summed E-state index contributed by atoms with van der Waals surface area (Å²) in [6.07, 6.45) is 0. The normalized spacial score (nSPS) is 9.92. The number of hydrogen-bond donors (Lipinski definition) is 0. The largest absolute Gasteiger partial charge is 0.276 e. The van der Waals surface area contributed by atoms with Crippen molar-refractivity contribution in [3.8, 4) is 0 Å². The van der Waals surface area contributed by atoms with Crippen molar-refractivity contribution >= 4 is 21.6 Å². The molecule has 0 aliphatic carbocycles. The third kappa shape index (κ3) is 1.61. The van der Waals surface area contributed by atoms with Gasteiger partial charge in [0.15, 0.2) is 0 Å². The zero-order valence-corrected chi connectivity index (χ0v) is 7.76. The van der Waals surface area contributed by atoms with Crippen LogP contribution in [0.4, 0.5) is 10.1 Å². The minimum Gasteiger partial charge on any atom is -0.258 e. The quantitative estimate of drug-likeness (QED) is 0.553. The fourth-order valence-electron chi connectivity index (χ4n) is 0.822. The lowest BCUT2D eigenvalue weighted by atomic mass is 10.2. The molecule has 0 atom stereocenters. The molecule has 0 bridgehead atoms. The molecular weight excluding hydrogens is 229 g/mol. The lowest BCUT2D eigenvalue weighted by molar-refractivity contribution is -0.385. The van der Waals surface area contributed by atoms with E-state index in [0.717, 1.165) is 0 Å². The van der Waals surface area contributed by atoms with E-state index < -0.39 is 10.7 Å². The second-order valence-corrected chi connectivity index (χ2v) is 3.20. The van der Waals surface area contributed by atoms with Crippen LogP contribution in [-0.4, -0.2) is 4.92 Å². The Bertz CT molecular complexity index is 340. The van der Waals surface area contributed by atoms with E-state index in [4.69, 9.17) is 0 Å². The molecule has 0 aromatic heterocycles. The topological polar surface area (TPSA) is 43.1 Å². The lowest BCUT2D eigenvalue weighted by Gasteiger charge is -1.98. The van der Waals surface area contributed by atoms with E-state index in [0.29, 0.717) is 4.47 Å². The van der Waals surface area contributed by atoms with Gasteiger partial charge in [-0.3, -0.25) is 10.1 Å². The van der Waals surface area contributed by atoms with E-state index >= 15 is 0 Å². The van der Waals surface area contributed by atoms with Gasteiger partial charge in [0.1, 0.15) is 5.82 Å². The Kier molecular flexibility index (Phi) is 2.42. The number of hydrogen-bond acceptors (Lipinski definition) is 2. The first-order chi connectivity index (χ1) is 5.52. The summed E-state index contributed by atoms with van der Waals surface area (Å²) in [6.45, 7) is 1.37. The van der Waals surface area contributed by atoms with Gasteiger partial charge in [-0.25, -0.2) is 4.39 Å². The molecule has 1 rings (SSSR count). The molecule has 64 valence electrons. The van der Waals surface area contributed by atoms with Gasteiger partial charge >= 0.3 is 0 Å². The first kappa shape index (κ1) is 9.12. The number of nitro benzene ring substituents is 1. The Hall–Kier alpha value is -0.970. The van der Waals surface area contributed by atoms with Crippen molar-refractivity contribution in [1.29, 1.82) is 0 Å². The molecule has 0 aliphatic heterocycles. The standard InChI is InChI=1S/C7H5BrFNO2/c1-4-6(9)2-5(8)3-7(4)10(11)12/h2-3H,1H3. The van der Waals surface area contributed by atoms with Crippen molar-refractivity contribution < 1.29 is 9.31 Å². The number of rotatable bonds is 1. The molecule has 0 saturated carbocycles. The SMILES string of the molecule is Cc1c(F)cc(Br)cc1[N+](=O)[O-]. The zero-order chi connectivity index (χ0) is 9.30. The number of nitro groups is 1. The highest BCUT2D eigenvalue weighted by Crippen LogP contribution is 2.25. The Labute approximate surface area is 76.5 Å². The molecule has 12 heavy (non-hydrogen) atoms. The minimum absolute atomic E-state index is 0.0585. The smallest absolute Gasteiger partial charge is 0.258 e. The molecule has 0 amide bonds. The van der Waals surface area contributed by atoms with Crippen LogP contribution in [0.3, 0.4) is 0 Å². The Balaban J connectivity index is 3.37. The molecule has 1 aromatic carbocycles. The van der Waals surface area contributed by atoms with Crippen LogP contribution >= 0.6 is 15.9 Å². The molecule has 0 fully saturated rings. The van der Waals surface area contributed by atoms with Crippen molar-refractivity contribution in [2.45, 2.75) is 6.92 Å². The molecule has 0 saturated heterocycles. The van der Waals surface area contributed by atoms with E-state index in [-0.39, 0.29) is 11.3 Å². The molecule has 5 heteroatoms. The molecule has 0 radical (unpaired) electrons. The number of nitrogens with zero attached hydrogens (tertiary/aromatic N) is 1. The van der Waals surface area contributed by atoms with Crippen LogP contribution in [0.2, 0.25) is 0 Å². The predicted octanol–water partition coefficient (Wildman–Crippen LogP) is 2.80. The van der Waals surface area contributed by atoms with Crippen LogP contribution in [0.15, 0.2) is 16.6 Å². The molecule has 0 N–H and O–H groups in total. The molecule has 0 spiro atoms. The van der Waals surface area contributed by atoms with Gasteiger partial charge in [0.2, 0.25) is 0 Å². The van der Waals surface area contributed by atoms with Gasteiger partial charge in [-0.2, -0.15) is 0 Å². The van der Waals surface area contributed by atoms with E-state index in [9.17, 15) is 14.5 Å². The predicted molar refractivity (Wildman–Crippen MR) is 45.5 cm³/mol. The average molecular weight is 234 g/mol. The maximum absolute atomic E-state index is 12.9. The van der Waals surface area contributed by atoms with E-state index in [1.807, 2.05) is 0 Å². The van der Waals surface area contributed by atoms with Crippen molar-refractivity contribution in [2.24, 2.45) is 0 Å². The van der Waals surface area contributed by atoms with Crippen LogP contribution in [-0.2, 0) is 0 Å². The van der Waals surface area contributed by atoms with Crippen molar-refractivity contribution in [1.82, 2.24) is 0 Å². The third-order valence-electron chi connectivity index (χ3n) is 1.48. The second-order valence-electron chi connectivity index (χ2n) is 2.29. The Morgan fingerprint density at radius 2 is 2.17 bits per heavy atom. The van der Waals surface area contributed by atoms with Crippen LogP contribution < -0.4 is 0 Å². The summed E-state index contributed by atoms with van der Waals surface area (Å²) in [6, 6.07) is 2.47. The fourth-order valence-corrected chi connectivity index (χ4v) is 1.24. The zero-order valence-electron chi connectivity index (χ0n) is 6.17. The number of halogens is 2. The molecule has 1 aromatic rings. The number of benzene rings is 1. The summed E-state index contributed by atoms with van der Waals surface area (Å²) < 4.78 is 13.2. The van der Waals surface area contributed by atoms with E-state index in [1.54, 1.807) is 0 Å². The van der Waals surface area contributed by atoms with E-state index in [2.05, 4.69) is 15.9 Å². The van der Waals surface area contributed by atoms with Gasteiger partial charge in [-0.15, -0.1) is 0 Å². The van der Waals surface area contributed by atoms with Crippen molar-refractivity contribution in [3.63, 3.8) is 0 Å². The van der Waals surface area contributed by atoms with E-state index in [1.165, 1.54) is 19.1 Å². The first-order valence-electron chi connectivity index (χ1n) is 3.12. The lowest BCUT2D eigenvalue weighted by Crippen LogP contribution is -1.94. The van der Waals surface area contributed by atoms with Gasteiger partial charge in [0.25, 0.3) is 5.69 Å². The summed E-state index contributed by atoms with van der Waals surface area (Å²) in [7, 11) is 0. The summed E-state index contributed by atoms with van der Waals surface area (Å²) in [4.78, 5) is 9.74. The van der Waals surface area contributed by atoms with Crippen LogP contribution in [0, 0.1) is 22.9 Å². The maximum Gasteiger partial charge on any atom is 0.276 e. The maximum atomic E-state index is 12.9. The second kappa shape index (κ2) is 3.18. The van der Waals surface area contributed by atoms with Gasteiger partial charge in [0, 0.05) is 10.5 Å². The summed E-state index contributed by atoms with van der Waals surface area (Å²) >= 11 is 2.97. The summed E-state index contributed by atoms with van der Waals surface area (Å²) in [5, 5.41) is 10.3. The molecule has 0 heterocycles. The third-order valence-corrected chi connectivity index (χ3v) is 1.94. The molecular formula is C7H5BrFNO2. The van der Waals surface area contributed by atoms with Crippen LogP contribution in [0.5, 0.6) is 0 Å². The van der Waals surface area contributed by atoms with Gasteiger partial charge < -0.3 is 0 Å². The highest BCUT2D eigenvalue weighted by molar-refractivity contribution is 9.10. The van der Waals surface area contributed by atoms with Crippen molar-refractivity contribution in [3.05, 3.63) is 38.1 Å². The molecule has 3 nitrogen and oxygen atoms in total. The molecule has 0 aliphatic rings. The minimum atomic E-state index is -0.608. The van der Waals surface area contributed by atoms with Gasteiger partial charge in [-0.05, 0) is 13.0 Å². The monoisotopic (exact) mass is 233 g/mol. The average Bonchev–Trinajstić information content (AvgIpc) is 1.96. The highest BCUT2D eigenvalue weighted by Gasteiger charge is 2.14. The van der Waals surface area contributed by atoms with Gasteiger partial charge in [0.05, 0.1) is 10.5 Å². The van der Waals surface area contributed by atoms with Crippen LogP contribution in [0.1, 0.15) is 5.56 Å². The van der Waals surface area contributed by atoms with Gasteiger partial charge in [-0.1, -0.05) is 15.9 Å². The fraction of sp³-hybridized carbons (Fsp3) is 0.143. The molecule has 0 unspecified atom stereocenters. The first-order valence-corrected chi connectivity index (χ1v) is 3.91. The highest BCUT2D eigenvalue weighted by atomic mass is 79.9.